The predicted molar refractivity (Wildman–Crippen MR) is 180 cm³/mol. The SMILES string of the molecule is CCCCCCCCOCO[C@@H](CC)c1ccccc1[Se][Se]c1ccccc1[C@H](CC)OCOCCCCCCCC. The Morgan fingerprint density at radius 2 is 0.881 bits per heavy atom. The minimum atomic E-state index is 0.0780. The smallest absolute Gasteiger partial charge is 0.0654 e. The normalized spacial score (nSPS) is 13.0. The Balaban J connectivity index is 1.84. The van der Waals surface area contributed by atoms with E-state index in [1.807, 2.05) is 0 Å². The van der Waals surface area contributed by atoms with Crippen LogP contribution < -0.4 is 8.92 Å². The predicted octanol–water partition coefficient (Wildman–Crippen LogP) is 8.57. The fraction of sp³-hybridized carbons (Fsp3) is 0.667. The second kappa shape index (κ2) is 25.6. The van der Waals surface area contributed by atoms with Crippen LogP contribution in [0.5, 0.6) is 0 Å². The zero-order valence-electron chi connectivity index (χ0n) is 27.0. The van der Waals surface area contributed by atoms with Gasteiger partial charge in [0.15, 0.2) is 0 Å². The molecule has 0 spiro atoms. The Morgan fingerprint density at radius 3 is 1.29 bits per heavy atom. The number of hydrogen-bond acceptors (Lipinski definition) is 4. The first-order chi connectivity index (χ1) is 20.7. The molecule has 0 saturated carbocycles. The second-order valence-corrected chi connectivity index (χ2v) is 17.1. The van der Waals surface area contributed by atoms with Crippen molar-refractivity contribution in [1.29, 1.82) is 0 Å². The summed E-state index contributed by atoms with van der Waals surface area (Å²) in [5.41, 5.74) is 2.66. The quantitative estimate of drug-likeness (QED) is 0.0529. The Hall–Kier alpha value is -0.681. The van der Waals surface area contributed by atoms with Crippen LogP contribution in [0.25, 0.3) is 0 Å². The molecule has 0 saturated heterocycles. The summed E-state index contributed by atoms with van der Waals surface area (Å²) in [5.74, 6) is 0. The van der Waals surface area contributed by atoms with Crippen molar-refractivity contribution in [2.45, 2.75) is 130 Å². The summed E-state index contributed by atoms with van der Waals surface area (Å²) in [6.45, 7) is 11.3. The molecule has 0 radical (unpaired) electrons. The van der Waals surface area contributed by atoms with Gasteiger partial charge in [0.2, 0.25) is 0 Å². The summed E-state index contributed by atoms with van der Waals surface area (Å²) >= 11 is 0.699. The number of ether oxygens (including phenoxy) is 4. The van der Waals surface area contributed by atoms with Crippen LogP contribution in [0, 0.1) is 0 Å². The van der Waals surface area contributed by atoms with E-state index in [2.05, 4.69) is 76.2 Å². The summed E-state index contributed by atoms with van der Waals surface area (Å²) in [6.07, 6.45) is 17.4. The van der Waals surface area contributed by atoms with E-state index < -0.39 is 0 Å². The summed E-state index contributed by atoms with van der Waals surface area (Å²) < 4.78 is 27.1. The van der Waals surface area contributed by atoms with E-state index in [-0.39, 0.29) is 12.2 Å². The molecule has 0 fully saturated rings. The molecule has 6 heteroatoms. The molecule has 0 aliphatic heterocycles. The van der Waals surface area contributed by atoms with Crippen molar-refractivity contribution in [1.82, 2.24) is 0 Å². The second-order valence-electron chi connectivity index (χ2n) is 11.0. The molecular weight excluding hydrogens is 654 g/mol. The third-order valence-corrected chi connectivity index (χ3v) is 14.8. The molecule has 0 unspecified atom stereocenters. The van der Waals surface area contributed by atoms with E-state index in [1.165, 1.54) is 84.3 Å². The number of unbranched alkanes of at least 4 members (excludes halogenated alkanes) is 10. The van der Waals surface area contributed by atoms with Crippen LogP contribution in [-0.4, -0.2) is 53.1 Å². The molecule has 2 aromatic rings. The van der Waals surface area contributed by atoms with Crippen LogP contribution in [0.4, 0.5) is 0 Å². The first-order valence-electron chi connectivity index (χ1n) is 16.7. The van der Waals surface area contributed by atoms with Crippen molar-refractivity contribution in [3.05, 3.63) is 59.7 Å². The van der Waals surface area contributed by atoms with Gasteiger partial charge in [-0.2, -0.15) is 0 Å². The van der Waals surface area contributed by atoms with Gasteiger partial charge in [-0.25, -0.2) is 0 Å². The average Bonchev–Trinajstić information content (AvgIpc) is 3.02. The monoisotopic (exact) mass is 714 g/mol. The van der Waals surface area contributed by atoms with Crippen LogP contribution >= 0.6 is 0 Å². The van der Waals surface area contributed by atoms with Crippen molar-refractivity contribution in [2.75, 3.05) is 26.8 Å². The van der Waals surface area contributed by atoms with Crippen LogP contribution in [0.15, 0.2) is 48.5 Å². The fourth-order valence-corrected chi connectivity index (χ4v) is 12.4. The fourth-order valence-electron chi connectivity index (χ4n) is 4.94. The van der Waals surface area contributed by atoms with Crippen molar-refractivity contribution in [3.63, 3.8) is 0 Å². The summed E-state index contributed by atoms with van der Waals surface area (Å²) in [7, 11) is 0. The standard InChI is InChI=1S/C36H58O4Se2/c1-5-9-11-13-15-21-27-37-29-39-33(7-3)31-23-17-19-25-35(31)41-42-36-26-20-18-24-32(36)34(8-4)40-30-38-28-22-16-14-12-10-6-2/h17-20,23-26,33-34H,5-16,21-22,27-30H2,1-4H3/t33-,34-/m0/s1. The van der Waals surface area contributed by atoms with Crippen LogP contribution in [0.3, 0.4) is 0 Å². The number of benzene rings is 2. The van der Waals surface area contributed by atoms with Crippen molar-refractivity contribution in [3.8, 4) is 0 Å². The van der Waals surface area contributed by atoms with E-state index in [0.717, 1.165) is 38.9 Å². The molecule has 2 rings (SSSR count). The molecule has 0 aliphatic carbocycles. The molecule has 0 bridgehead atoms. The molecule has 0 aliphatic rings. The Bertz CT molecular complexity index is 836. The minimum absolute atomic E-state index is 0.0780. The van der Waals surface area contributed by atoms with E-state index in [4.69, 9.17) is 18.9 Å². The van der Waals surface area contributed by atoms with Gasteiger partial charge >= 0.3 is 244 Å². The maximum atomic E-state index is 6.25. The molecule has 0 aromatic heterocycles. The van der Waals surface area contributed by atoms with Crippen molar-refractivity contribution < 1.29 is 18.9 Å². The van der Waals surface area contributed by atoms with Crippen molar-refractivity contribution in [2.24, 2.45) is 0 Å². The number of hydrogen-bond donors (Lipinski definition) is 0. The van der Waals surface area contributed by atoms with E-state index >= 15 is 0 Å². The van der Waals surface area contributed by atoms with Gasteiger partial charge in [-0.1, -0.05) is 26.7 Å². The zero-order valence-corrected chi connectivity index (χ0v) is 30.4. The summed E-state index contributed by atoms with van der Waals surface area (Å²) in [5, 5.41) is 0. The third kappa shape index (κ3) is 15.9. The van der Waals surface area contributed by atoms with Gasteiger partial charge in [-0.3, -0.25) is 0 Å². The Labute approximate surface area is 269 Å². The first kappa shape index (κ1) is 37.5. The molecule has 4 nitrogen and oxygen atoms in total. The molecule has 2 aromatic carbocycles. The van der Waals surface area contributed by atoms with Crippen LogP contribution in [0.1, 0.15) is 141 Å². The summed E-state index contributed by atoms with van der Waals surface area (Å²) in [4.78, 5) is 0. The minimum Gasteiger partial charge on any atom is -0.0654 e. The molecule has 0 heterocycles. The van der Waals surface area contributed by atoms with Gasteiger partial charge in [0, 0.05) is 0 Å². The third-order valence-electron chi connectivity index (χ3n) is 7.48. The number of rotatable bonds is 27. The van der Waals surface area contributed by atoms with Crippen LogP contribution in [-0.2, 0) is 18.9 Å². The molecule has 42 heavy (non-hydrogen) atoms. The van der Waals surface area contributed by atoms with Gasteiger partial charge in [0.1, 0.15) is 0 Å². The topological polar surface area (TPSA) is 36.9 Å². The Kier molecular flexibility index (Phi) is 22.9. The van der Waals surface area contributed by atoms with Crippen LogP contribution in [0.2, 0.25) is 0 Å². The van der Waals surface area contributed by atoms with Gasteiger partial charge in [0.25, 0.3) is 0 Å². The Morgan fingerprint density at radius 1 is 0.500 bits per heavy atom. The van der Waals surface area contributed by atoms with Gasteiger partial charge < -0.3 is 0 Å². The van der Waals surface area contributed by atoms with E-state index in [0.29, 0.717) is 39.8 Å². The van der Waals surface area contributed by atoms with E-state index in [1.54, 1.807) is 0 Å². The zero-order chi connectivity index (χ0) is 30.1. The maximum absolute atomic E-state index is 6.25. The van der Waals surface area contributed by atoms with Gasteiger partial charge in [-0.05, 0) is 0 Å². The van der Waals surface area contributed by atoms with Crippen molar-refractivity contribution >= 4 is 35.2 Å². The average molecular weight is 713 g/mol. The summed E-state index contributed by atoms with van der Waals surface area (Å²) in [6, 6.07) is 17.7. The van der Waals surface area contributed by atoms with E-state index in [9.17, 15) is 0 Å². The molecule has 238 valence electrons. The first-order valence-corrected chi connectivity index (χ1v) is 22.7. The van der Waals surface area contributed by atoms with Gasteiger partial charge in [-0.15, -0.1) is 0 Å². The van der Waals surface area contributed by atoms with Gasteiger partial charge in [0.05, 0.1) is 0 Å². The molecule has 2 atom stereocenters. The molecular formula is C36H58O4Se2. The molecule has 0 amide bonds. The molecule has 0 N–H and O–H groups in total.